The van der Waals surface area contributed by atoms with E-state index in [1.54, 1.807) is 11.5 Å². The van der Waals surface area contributed by atoms with E-state index >= 15 is 0 Å². The molecule has 2 aromatic carbocycles. The smallest absolute Gasteiger partial charge is 0.278 e. The summed E-state index contributed by atoms with van der Waals surface area (Å²) in [5.41, 5.74) is 3.88. The van der Waals surface area contributed by atoms with Crippen molar-refractivity contribution in [2.24, 2.45) is 0 Å². The van der Waals surface area contributed by atoms with Crippen LogP contribution in [0, 0.1) is 0 Å². The number of nitrogens with one attached hydrogen (secondary N) is 1. The molecule has 2 atom stereocenters. The molecule has 1 aliphatic heterocycles. The number of aromatic hydroxyl groups is 1. The van der Waals surface area contributed by atoms with E-state index < -0.39 is 5.91 Å². The minimum absolute atomic E-state index is 0.0654. The van der Waals surface area contributed by atoms with E-state index in [4.69, 9.17) is 5.21 Å². The Morgan fingerprint density at radius 3 is 2.30 bits per heavy atom. The lowest BCUT2D eigenvalue weighted by Crippen LogP contribution is -2.55. The lowest BCUT2D eigenvalue weighted by molar-refractivity contribution is 0.0290. The highest BCUT2D eigenvalue weighted by atomic mass is 16.5. The number of phenolic OH excluding ortho intramolecular Hbond substituents is 1. The summed E-state index contributed by atoms with van der Waals surface area (Å²) in [6.45, 7) is 8.04. The zero-order chi connectivity index (χ0) is 19.4. The molecule has 1 heterocycles. The standard InChI is InChI=1S/C21H27N3O3/c1-15-11-23(12-16(2)24(15)14-17-6-4-3-5-7-17)13-18-8-9-19(20(25)10-18)21(26)22-27/h3-10,15-16,25,27H,11-14H2,1-2H3,(H,22,26). The van der Waals surface area contributed by atoms with Crippen molar-refractivity contribution in [1.82, 2.24) is 15.3 Å². The van der Waals surface area contributed by atoms with Crippen LogP contribution in [-0.2, 0) is 13.1 Å². The number of phenols is 1. The lowest BCUT2D eigenvalue weighted by atomic mass is 10.0. The number of hydroxylamine groups is 1. The Hall–Kier alpha value is -2.41. The molecule has 3 N–H and O–H groups in total. The SMILES string of the molecule is CC1CN(Cc2ccc(C(=O)NO)c(O)c2)CC(C)N1Cc1ccccc1. The second-order valence-electron chi connectivity index (χ2n) is 7.34. The number of hydrogen-bond donors (Lipinski definition) is 3. The molecule has 0 aliphatic carbocycles. The average molecular weight is 369 g/mol. The summed E-state index contributed by atoms with van der Waals surface area (Å²) in [7, 11) is 0. The predicted octanol–water partition coefficient (Wildman–Crippen LogP) is 2.61. The summed E-state index contributed by atoms with van der Waals surface area (Å²) in [4.78, 5) is 16.4. The number of carbonyl (C=O) groups is 1. The molecule has 0 saturated carbocycles. The van der Waals surface area contributed by atoms with Gasteiger partial charge in [0.1, 0.15) is 5.75 Å². The molecule has 0 spiro atoms. The molecule has 0 bridgehead atoms. The van der Waals surface area contributed by atoms with Crippen LogP contribution in [0.25, 0.3) is 0 Å². The molecule has 1 amide bonds. The first-order chi connectivity index (χ1) is 13.0. The Kier molecular flexibility index (Phi) is 6.11. The van der Waals surface area contributed by atoms with Crippen LogP contribution < -0.4 is 5.48 Å². The Labute approximate surface area is 160 Å². The monoisotopic (exact) mass is 369 g/mol. The van der Waals surface area contributed by atoms with E-state index in [-0.39, 0.29) is 11.3 Å². The van der Waals surface area contributed by atoms with Gasteiger partial charge in [-0.3, -0.25) is 19.8 Å². The van der Waals surface area contributed by atoms with Crippen molar-refractivity contribution >= 4 is 5.91 Å². The van der Waals surface area contributed by atoms with Gasteiger partial charge in [0.15, 0.2) is 0 Å². The van der Waals surface area contributed by atoms with Crippen molar-refractivity contribution < 1.29 is 15.1 Å². The Morgan fingerprint density at radius 2 is 1.70 bits per heavy atom. The lowest BCUT2D eigenvalue weighted by Gasteiger charge is -2.44. The molecule has 6 heteroatoms. The van der Waals surface area contributed by atoms with Gasteiger partial charge in [-0.15, -0.1) is 0 Å². The maximum Gasteiger partial charge on any atom is 0.278 e. The highest BCUT2D eigenvalue weighted by Gasteiger charge is 2.29. The van der Waals surface area contributed by atoms with Crippen LogP contribution in [0.4, 0.5) is 0 Å². The summed E-state index contributed by atoms with van der Waals surface area (Å²) >= 11 is 0. The second kappa shape index (κ2) is 8.52. The van der Waals surface area contributed by atoms with Crippen LogP contribution in [0.15, 0.2) is 48.5 Å². The van der Waals surface area contributed by atoms with E-state index in [1.807, 2.05) is 12.1 Å². The number of piperazine rings is 1. The molecule has 0 aromatic heterocycles. The molecule has 144 valence electrons. The third kappa shape index (κ3) is 4.66. The molecule has 6 nitrogen and oxygen atoms in total. The zero-order valence-electron chi connectivity index (χ0n) is 15.8. The molecule has 1 aliphatic rings. The molecule has 1 saturated heterocycles. The van der Waals surface area contributed by atoms with Gasteiger partial charge in [0.25, 0.3) is 5.91 Å². The first-order valence-corrected chi connectivity index (χ1v) is 9.26. The van der Waals surface area contributed by atoms with Crippen LogP contribution in [0.3, 0.4) is 0 Å². The van der Waals surface area contributed by atoms with Gasteiger partial charge < -0.3 is 5.11 Å². The van der Waals surface area contributed by atoms with Gasteiger partial charge in [-0.05, 0) is 37.1 Å². The van der Waals surface area contributed by atoms with Crippen LogP contribution in [0.5, 0.6) is 5.75 Å². The minimum Gasteiger partial charge on any atom is -0.507 e. The molecule has 27 heavy (non-hydrogen) atoms. The highest BCUT2D eigenvalue weighted by Crippen LogP contribution is 2.23. The summed E-state index contributed by atoms with van der Waals surface area (Å²) in [6, 6.07) is 16.3. The molecular formula is C21H27N3O3. The van der Waals surface area contributed by atoms with Crippen LogP contribution in [0.2, 0.25) is 0 Å². The molecule has 2 unspecified atom stereocenters. The van der Waals surface area contributed by atoms with Gasteiger partial charge in [0, 0.05) is 38.3 Å². The van der Waals surface area contributed by atoms with Crippen LogP contribution in [-0.4, -0.2) is 51.2 Å². The number of rotatable bonds is 5. The molecule has 3 rings (SSSR count). The van der Waals surface area contributed by atoms with Gasteiger partial charge in [-0.25, -0.2) is 5.48 Å². The van der Waals surface area contributed by atoms with Crippen molar-refractivity contribution in [1.29, 1.82) is 0 Å². The largest absolute Gasteiger partial charge is 0.507 e. The topological polar surface area (TPSA) is 76.0 Å². The zero-order valence-corrected chi connectivity index (χ0v) is 15.8. The maximum atomic E-state index is 11.5. The molecular weight excluding hydrogens is 342 g/mol. The Balaban J connectivity index is 1.63. The number of benzene rings is 2. The molecule has 0 radical (unpaired) electrons. The quantitative estimate of drug-likeness (QED) is 0.558. The minimum atomic E-state index is -0.712. The van der Waals surface area contributed by atoms with E-state index in [2.05, 4.69) is 47.9 Å². The Morgan fingerprint density at radius 1 is 1.04 bits per heavy atom. The average Bonchev–Trinajstić information content (AvgIpc) is 2.65. The summed E-state index contributed by atoms with van der Waals surface area (Å²) in [5, 5.41) is 18.7. The first kappa shape index (κ1) is 19.4. The number of amides is 1. The van der Waals surface area contributed by atoms with Gasteiger partial charge in [-0.1, -0.05) is 36.4 Å². The van der Waals surface area contributed by atoms with E-state index in [0.717, 1.165) is 25.2 Å². The summed E-state index contributed by atoms with van der Waals surface area (Å²) < 4.78 is 0. The van der Waals surface area contributed by atoms with Crippen LogP contribution in [0.1, 0.15) is 35.3 Å². The van der Waals surface area contributed by atoms with Gasteiger partial charge in [-0.2, -0.15) is 0 Å². The van der Waals surface area contributed by atoms with Crippen LogP contribution >= 0.6 is 0 Å². The van der Waals surface area contributed by atoms with Gasteiger partial charge in [0.2, 0.25) is 0 Å². The predicted molar refractivity (Wildman–Crippen MR) is 104 cm³/mol. The fourth-order valence-corrected chi connectivity index (χ4v) is 3.89. The van der Waals surface area contributed by atoms with E-state index in [0.29, 0.717) is 18.6 Å². The molecule has 2 aromatic rings. The fourth-order valence-electron chi connectivity index (χ4n) is 3.89. The molecule has 1 fully saturated rings. The van der Waals surface area contributed by atoms with E-state index in [1.165, 1.54) is 11.6 Å². The summed E-state index contributed by atoms with van der Waals surface area (Å²) in [6.07, 6.45) is 0. The number of nitrogens with zero attached hydrogens (tertiary/aromatic N) is 2. The van der Waals surface area contributed by atoms with Crippen molar-refractivity contribution in [2.45, 2.75) is 39.0 Å². The highest BCUT2D eigenvalue weighted by molar-refractivity contribution is 5.96. The second-order valence-corrected chi connectivity index (χ2v) is 7.34. The fraction of sp³-hybridized carbons (Fsp3) is 0.381. The van der Waals surface area contributed by atoms with Crippen molar-refractivity contribution in [3.05, 3.63) is 65.2 Å². The third-order valence-electron chi connectivity index (χ3n) is 5.20. The number of carbonyl (C=O) groups excluding carboxylic acids is 1. The van der Waals surface area contributed by atoms with Crippen molar-refractivity contribution in [3.63, 3.8) is 0 Å². The van der Waals surface area contributed by atoms with Crippen molar-refractivity contribution in [3.8, 4) is 5.75 Å². The van der Waals surface area contributed by atoms with E-state index in [9.17, 15) is 9.90 Å². The van der Waals surface area contributed by atoms with Crippen molar-refractivity contribution in [2.75, 3.05) is 13.1 Å². The normalized spacial score (nSPS) is 21.1. The van der Waals surface area contributed by atoms with Gasteiger partial charge >= 0.3 is 0 Å². The first-order valence-electron chi connectivity index (χ1n) is 9.26. The third-order valence-corrected chi connectivity index (χ3v) is 5.20. The van der Waals surface area contributed by atoms with Gasteiger partial charge in [0.05, 0.1) is 5.56 Å². The Bertz CT molecular complexity index is 769. The number of hydrogen-bond acceptors (Lipinski definition) is 5. The summed E-state index contributed by atoms with van der Waals surface area (Å²) in [5.74, 6) is -0.835. The maximum absolute atomic E-state index is 11.5.